The Hall–Kier alpha value is -3.35. The summed E-state index contributed by atoms with van der Waals surface area (Å²) >= 11 is 0. The molecule has 3 rings (SSSR count). The van der Waals surface area contributed by atoms with Gasteiger partial charge in [0.05, 0.1) is 18.5 Å². The van der Waals surface area contributed by atoms with Gasteiger partial charge in [0.25, 0.3) is 5.91 Å². The van der Waals surface area contributed by atoms with Crippen molar-refractivity contribution >= 4 is 17.4 Å². The van der Waals surface area contributed by atoms with Crippen LogP contribution in [0.3, 0.4) is 0 Å². The van der Waals surface area contributed by atoms with Crippen LogP contribution < -0.4 is 14.5 Å². The molecule has 0 N–H and O–H groups in total. The standard InChI is InChI=1S/C19H21N5O2/c1-22(2)18-17(6-5-12-20-18)23(3)19(25)16-11-13-24(21-16)14-7-9-15(26-4)10-8-14/h5-13H,1-4H3. The zero-order chi connectivity index (χ0) is 18.7. The zero-order valence-corrected chi connectivity index (χ0v) is 15.2. The number of hydrogen-bond donors (Lipinski definition) is 0. The number of hydrogen-bond acceptors (Lipinski definition) is 5. The van der Waals surface area contributed by atoms with Gasteiger partial charge in [0.15, 0.2) is 11.5 Å². The monoisotopic (exact) mass is 351 g/mol. The molecule has 0 radical (unpaired) electrons. The summed E-state index contributed by atoms with van der Waals surface area (Å²) in [5, 5.41) is 4.41. The van der Waals surface area contributed by atoms with Crippen LogP contribution in [-0.4, -0.2) is 48.9 Å². The van der Waals surface area contributed by atoms with Gasteiger partial charge in [0, 0.05) is 33.5 Å². The van der Waals surface area contributed by atoms with E-state index >= 15 is 0 Å². The lowest BCUT2D eigenvalue weighted by molar-refractivity contribution is 0.0988. The molecule has 0 spiro atoms. The molecular weight excluding hydrogens is 330 g/mol. The normalized spacial score (nSPS) is 10.5. The maximum atomic E-state index is 12.8. The van der Waals surface area contributed by atoms with Crippen molar-refractivity contribution in [1.29, 1.82) is 0 Å². The van der Waals surface area contributed by atoms with Crippen molar-refractivity contribution in [2.24, 2.45) is 0 Å². The number of ether oxygens (including phenoxy) is 1. The summed E-state index contributed by atoms with van der Waals surface area (Å²) in [5.74, 6) is 1.29. The van der Waals surface area contributed by atoms with Gasteiger partial charge in [-0.15, -0.1) is 0 Å². The van der Waals surface area contributed by atoms with Gasteiger partial charge in [0.1, 0.15) is 5.75 Å². The van der Waals surface area contributed by atoms with E-state index in [2.05, 4.69) is 10.1 Å². The van der Waals surface area contributed by atoms with Crippen LogP contribution in [0.15, 0.2) is 54.9 Å². The van der Waals surface area contributed by atoms with Crippen LogP contribution in [0.2, 0.25) is 0 Å². The molecule has 7 heteroatoms. The summed E-state index contributed by atoms with van der Waals surface area (Å²) in [5.41, 5.74) is 1.93. The number of amides is 1. The van der Waals surface area contributed by atoms with Crippen LogP contribution in [0.25, 0.3) is 5.69 Å². The van der Waals surface area contributed by atoms with Crippen LogP contribution in [0.1, 0.15) is 10.5 Å². The Bertz CT molecular complexity index is 902. The Morgan fingerprint density at radius 1 is 1.08 bits per heavy atom. The maximum absolute atomic E-state index is 12.8. The third-order valence-corrected chi connectivity index (χ3v) is 4.00. The van der Waals surface area contributed by atoms with E-state index in [1.54, 1.807) is 42.2 Å². The minimum Gasteiger partial charge on any atom is -0.497 e. The van der Waals surface area contributed by atoms with E-state index in [0.717, 1.165) is 22.9 Å². The highest BCUT2D eigenvalue weighted by Crippen LogP contribution is 2.25. The van der Waals surface area contributed by atoms with E-state index in [4.69, 9.17) is 4.74 Å². The highest BCUT2D eigenvalue weighted by atomic mass is 16.5. The Kier molecular flexibility index (Phi) is 4.88. The Morgan fingerprint density at radius 2 is 1.81 bits per heavy atom. The molecule has 0 aliphatic rings. The van der Waals surface area contributed by atoms with Crippen LogP contribution in [0.4, 0.5) is 11.5 Å². The second-order valence-electron chi connectivity index (χ2n) is 5.95. The summed E-state index contributed by atoms with van der Waals surface area (Å²) in [6.45, 7) is 0. The number of benzene rings is 1. The fourth-order valence-electron chi connectivity index (χ4n) is 2.59. The van der Waals surface area contributed by atoms with Crippen LogP contribution in [0.5, 0.6) is 5.75 Å². The van der Waals surface area contributed by atoms with Gasteiger partial charge in [-0.2, -0.15) is 5.10 Å². The molecule has 3 aromatic rings. The molecule has 0 saturated carbocycles. The molecule has 0 unspecified atom stereocenters. The molecule has 0 fully saturated rings. The van der Waals surface area contributed by atoms with Gasteiger partial charge in [-0.3, -0.25) is 4.79 Å². The molecule has 2 aromatic heterocycles. The SMILES string of the molecule is COc1ccc(-n2ccc(C(=O)N(C)c3cccnc3N(C)C)n2)cc1. The minimum atomic E-state index is -0.201. The molecule has 26 heavy (non-hydrogen) atoms. The number of pyridine rings is 1. The number of carbonyl (C=O) groups is 1. The average Bonchev–Trinajstić information content (AvgIpc) is 3.17. The number of rotatable bonds is 5. The van der Waals surface area contributed by atoms with Gasteiger partial charge in [-0.1, -0.05) is 0 Å². The first-order valence-corrected chi connectivity index (χ1v) is 8.11. The van der Waals surface area contributed by atoms with E-state index in [0.29, 0.717) is 5.69 Å². The molecule has 0 saturated heterocycles. The molecule has 2 heterocycles. The van der Waals surface area contributed by atoms with E-state index in [9.17, 15) is 4.79 Å². The molecule has 0 bridgehead atoms. The summed E-state index contributed by atoms with van der Waals surface area (Å²) in [6.07, 6.45) is 3.47. The highest BCUT2D eigenvalue weighted by Gasteiger charge is 2.20. The molecular formula is C19H21N5O2. The van der Waals surface area contributed by atoms with E-state index in [1.807, 2.05) is 55.4 Å². The number of aromatic nitrogens is 3. The second-order valence-corrected chi connectivity index (χ2v) is 5.95. The van der Waals surface area contributed by atoms with Crippen molar-refractivity contribution in [1.82, 2.24) is 14.8 Å². The number of carbonyl (C=O) groups excluding carboxylic acids is 1. The summed E-state index contributed by atoms with van der Waals surface area (Å²) < 4.78 is 6.82. The Labute approximate surface area is 152 Å². The van der Waals surface area contributed by atoms with E-state index in [-0.39, 0.29) is 5.91 Å². The van der Waals surface area contributed by atoms with Crippen molar-refractivity contribution in [2.45, 2.75) is 0 Å². The van der Waals surface area contributed by atoms with E-state index in [1.165, 1.54) is 0 Å². The first-order chi connectivity index (χ1) is 12.5. The maximum Gasteiger partial charge on any atom is 0.278 e. The second kappa shape index (κ2) is 7.26. The lowest BCUT2D eigenvalue weighted by Crippen LogP contribution is -2.29. The fourth-order valence-corrected chi connectivity index (χ4v) is 2.59. The quantitative estimate of drug-likeness (QED) is 0.707. The molecule has 7 nitrogen and oxygen atoms in total. The van der Waals surface area contributed by atoms with Crippen LogP contribution >= 0.6 is 0 Å². The van der Waals surface area contributed by atoms with Gasteiger partial charge in [-0.05, 0) is 42.5 Å². The van der Waals surface area contributed by atoms with Crippen LogP contribution in [-0.2, 0) is 0 Å². The zero-order valence-electron chi connectivity index (χ0n) is 15.2. The van der Waals surface area contributed by atoms with Gasteiger partial charge in [-0.25, -0.2) is 9.67 Å². The lowest BCUT2D eigenvalue weighted by Gasteiger charge is -2.22. The Balaban J connectivity index is 1.86. The van der Waals surface area contributed by atoms with Crippen molar-refractivity contribution in [3.05, 3.63) is 60.6 Å². The molecule has 0 atom stereocenters. The van der Waals surface area contributed by atoms with Crippen molar-refractivity contribution in [3.8, 4) is 11.4 Å². The number of anilines is 2. The molecule has 0 aliphatic carbocycles. The largest absolute Gasteiger partial charge is 0.497 e. The third kappa shape index (κ3) is 3.37. The number of nitrogens with zero attached hydrogens (tertiary/aromatic N) is 5. The van der Waals surface area contributed by atoms with E-state index < -0.39 is 0 Å². The van der Waals surface area contributed by atoms with Crippen molar-refractivity contribution in [3.63, 3.8) is 0 Å². The molecule has 1 amide bonds. The molecule has 134 valence electrons. The van der Waals surface area contributed by atoms with Crippen LogP contribution in [0, 0.1) is 0 Å². The molecule has 1 aromatic carbocycles. The van der Waals surface area contributed by atoms with Gasteiger partial charge >= 0.3 is 0 Å². The number of methoxy groups -OCH3 is 1. The predicted octanol–water partition coefficient (Wildman–Crippen LogP) is 2.62. The summed E-state index contributed by atoms with van der Waals surface area (Å²) in [7, 11) is 7.12. The topological polar surface area (TPSA) is 63.5 Å². The Morgan fingerprint density at radius 3 is 2.46 bits per heavy atom. The first kappa shape index (κ1) is 17.5. The van der Waals surface area contributed by atoms with Gasteiger partial charge in [0.2, 0.25) is 0 Å². The fraction of sp³-hybridized carbons (Fsp3) is 0.211. The summed E-state index contributed by atoms with van der Waals surface area (Å²) in [6, 6.07) is 12.8. The average molecular weight is 351 g/mol. The lowest BCUT2D eigenvalue weighted by atomic mass is 10.3. The van der Waals surface area contributed by atoms with Gasteiger partial charge < -0.3 is 14.5 Å². The van der Waals surface area contributed by atoms with Crippen molar-refractivity contribution < 1.29 is 9.53 Å². The first-order valence-electron chi connectivity index (χ1n) is 8.11. The minimum absolute atomic E-state index is 0.201. The molecule has 0 aliphatic heterocycles. The third-order valence-electron chi connectivity index (χ3n) is 4.00. The highest BCUT2D eigenvalue weighted by molar-refractivity contribution is 6.05. The van der Waals surface area contributed by atoms with Crippen molar-refractivity contribution in [2.75, 3.05) is 38.1 Å². The smallest absolute Gasteiger partial charge is 0.278 e. The summed E-state index contributed by atoms with van der Waals surface area (Å²) in [4.78, 5) is 20.6. The predicted molar refractivity (Wildman–Crippen MR) is 101 cm³/mol.